The molecule has 2 amide bonds. The number of nitrogens with one attached hydrogen (secondary N) is 2. The summed E-state index contributed by atoms with van der Waals surface area (Å²) in [6.07, 6.45) is 0.355. The second kappa shape index (κ2) is 16.0. The molecule has 8 nitrogen and oxygen atoms in total. The van der Waals surface area contributed by atoms with Crippen molar-refractivity contribution in [3.8, 4) is 0 Å². The van der Waals surface area contributed by atoms with Gasteiger partial charge in [0.25, 0.3) is 0 Å². The highest BCUT2D eigenvalue weighted by atomic mass is 32.2. The van der Waals surface area contributed by atoms with Crippen molar-refractivity contribution in [2.75, 3.05) is 35.4 Å². The summed E-state index contributed by atoms with van der Waals surface area (Å²) in [5.41, 5.74) is 3.62. The van der Waals surface area contributed by atoms with Crippen LogP contribution in [0, 0.1) is 13.8 Å². The third kappa shape index (κ3) is 12.2. The summed E-state index contributed by atoms with van der Waals surface area (Å²) in [6, 6.07) is 14.9. The van der Waals surface area contributed by atoms with Gasteiger partial charge < -0.3 is 20.1 Å². The molecule has 10 heteroatoms. The maximum Gasteiger partial charge on any atom is 0.318 e. The monoisotopic (exact) mass is 546 g/mol. The molecular weight excluding hydrogens is 512 g/mol. The van der Waals surface area contributed by atoms with Gasteiger partial charge in [-0.2, -0.15) is 0 Å². The Morgan fingerprint density at radius 2 is 1.03 bits per heavy atom. The highest BCUT2D eigenvalue weighted by Crippen LogP contribution is 2.16. The molecule has 0 saturated carbocycles. The Bertz CT molecular complexity index is 960. The van der Waals surface area contributed by atoms with Gasteiger partial charge in [-0.3, -0.25) is 19.2 Å². The molecule has 0 spiro atoms. The maximum absolute atomic E-state index is 12.1. The van der Waals surface area contributed by atoms with Gasteiger partial charge in [-0.15, -0.1) is 23.5 Å². The third-order valence-electron chi connectivity index (χ3n) is 5.04. The number of ether oxygens (including phenoxy) is 2. The van der Waals surface area contributed by atoms with E-state index in [1.807, 2.05) is 62.4 Å². The van der Waals surface area contributed by atoms with Gasteiger partial charge in [0.2, 0.25) is 11.8 Å². The van der Waals surface area contributed by atoms with Crippen LogP contribution >= 0.6 is 23.5 Å². The van der Waals surface area contributed by atoms with Gasteiger partial charge in [-0.05, 0) is 52.0 Å². The number of carbonyl (C=O) groups is 4. The van der Waals surface area contributed by atoms with Crippen LogP contribution in [0.25, 0.3) is 0 Å². The van der Waals surface area contributed by atoms with E-state index in [9.17, 15) is 19.2 Å². The number of hydrogen-bond acceptors (Lipinski definition) is 8. The summed E-state index contributed by atoms with van der Waals surface area (Å²) >= 11 is 2.38. The van der Waals surface area contributed by atoms with Crippen LogP contribution in [-0.2, 0) is 28.7 Å². The van der Waals surface area contributed by atoms with Crippen molar-refractivity contribution in [1.82, 2.24) is 0 Å². The van der Waals surface area contributed by atoms with Crippen molar-refractivity contribution in [1.29, 1.82) is 0 Å². The average Bonchev–Trinajstić information content (AvgIpc) is 2.88. The van der Waals surface area contributed by atoms with Gasteiger partial charge in [0.15, 0.2) is 0 Å². The third-order valence-corrected chi connectivity index (χ3v) is 7.28. The lowest BCUT2D eigenvalue weighted by molar-refractivity contribution is -0.145. The van der Waals surface area contributed by atoms with E-state index in [0.717, 1.165) is 11.1 Å². The topological polar surface area (TPSA) is 111 Å². The molecule has 200 valence electrons. The molecule has 37 heavy (non-hydrogen) atoms. The van der Waals surface area contributed by atoms with Crippen LogP contribution in [0.4, 0.5) is 11.4 Å². The quantitative estimate of drug-likeness (QED) is 0.261. The highest BCUT2D eigenvalue weighted by molar-refractivity contribution is 8.01. The number of esters is 2. The number of benzene rings is 2. The first kappa shape index (κ1) is 30.2. The Morgan fingerprint density at radius 1 is 0.676 bits per heavy atom. The minimum absolute atomic E-state index is 0.104. The van der Waals surface area contributed by atoms with E-state index in [4.69, 9.17) is 9.47 Å². The smallest absolute Gasteiger partial charge is 0.318 e. The molecule has 2 aromatic rings. The molecule has 0 aliphatic rings. The Hall–Kier alpha value is -2.98. The summed E-state index contributed by atoms with van der Waals surface area (Å²) in [7, 11) is 0. The van der Waals surface area contributed by atoms with Gasteiger partial charge in [0.05, 0.1) is 24.7 Å². The van der Waals surface area contributed by atoms with Gasteiger partial charge in [0.1, 0.15) is 10.5 Å². The normalized spacial score (nSPS) is 12.2. The van der Waals surface area contributed by atoms with E-state index in [0.29, 0.717) is 17.8 Å². The number of aryl methyl sites for hydroxylation is 2. The number of anilines is 2. The molecule has 0 fully saturated rings. The summed E-state index contributed by atoms with van der Waals surface area (Å²) in [5, 5.41) is 4.56. The SMILES string of the molecule is Cc1ccc(NC(=O)CSC(C)C(=O)OCCCOC(=O)C(C)SCC(=O)Nc2ccc(C)cc2)cc1. The molecule has 0 radical (unpaired) electrons. The van der Waals surface area contributed by atoms with E-state index in [2.05, 4.69) is 10.6 Å². The van der Waals surface area contributed by atoms with Gasteiger partial charge in [-0.1, -0.05) is 35.4 Å². The van der Waals surface area contributed by atoms with Crippen LogP contribution in [0.15, 0.2) is 48.5 Å². The molecule has 2 N–H and O–H groups in total. The van der Waals surface area contributed by atoms with E-state index >= 15 is 0 Å². The molecule has 0 saturated heterocycles. The lowest BCUT2D eigenvalue weighted by atomic mass is 10.2. The zero-order valence-corrected chi connectivity index (χ0v) is 23.2. The van der Waals surface area contributed by atoms with Gasteiger partial charge >= 0.3 is 11.9 Å². The fourth-order valence-corrected chi connectivity index (χ4v) is 4.20. The van der Waals surface area contributed by atoms with Crippen LogP contribution < -0.4 is 10.6 Å². The molecule has 2 rings (SSSR count). The predicted octanol–water partition coefficient (Wildman–Crippen LogP) is 4.60. The van der Waals surface area contributed by atoms with Crippen molar-refractivity contribution in [3.05, 3.63) is 59.7 Å². The number of carbonyl (C=O) groups excluding carboxylic acids is 4. The van der Waals surface area contributed by atoms with Crippen LogP contribution in [0.1, 0.15) is 31.4 Å². The highest BCUT2D eigenvalue weighted by Gasteiger charge is 2.18. The number of hydrogen-bond donors (Lipinski definition) is 2. The van der Waals surface area contributed by atoms with Crippen LogP contribution in [0.2, 0.25) is 0 Å². The second-order valence-electron chi connectivity index (χ2n) is 8.42. The molecule has 2 unspecified atom stereocenters. The Kier molecular flexibility index (Phi) is 13.1. The van der Waals surface area contributed by atoms with E-state index in [1.165, 1.54) is 23.5 Å². The fourth-order valence-electron chi connectivity index (χ4n) is 2.84. The van der Waals surface area contributed by atoms with Crippen molar-refractivity contribution >= 4 is 58.7 Å². The molecule has 0 heterocycles. The molecule has 0 aliphatic heterocycles. The number of thioether (sulfide) groups is 2. The molecule has 0 aromatic heterocycles. The number of rotatable bonds is 14. The minimum atomic E-state index is -0.506. The van der Waals surface area contributed by atoms with Crippen LogP contribution in [0.5, 0.6) is 0 Å². The van der Waals surface area contributed by atoms with Gasteiger partial charge in [-0.25, -0.2) is 0 Å². The zero-order chi connectivity index (χ0) is 27.2. The Balaban J connectivity index is 1.54. The predicted molar refractivity (Wildman–Crippen MR) is 150 cm³/mol. The molecule has 2 atom stereocenters. The largest absolute Gasteiger partial charge is 0.465 e. The standard InChI is InChI=1S/C27H34N2O6S2/c1-18-6-10-22(11-7-18)28-24(30)16-36-20(3)26(32)34-14-5-15-35-27(33)21(4)37-17-25(31)29-23-12-8-19(2)9-13-23/h6-13,20-21H,5,14-17H2,1-4H3,(H,28,30)(H,29,31). The maximum atomic E-state index is 12.1. The average molecular weight is 547 g/mol. The molecular formula is C27H34N2O6S2. The fraction of sp³-hybridized carbons (Fsp3) is 0.407. The first-order valence-electron chi connectivity index (χ1n) is 11.9. The summed E-state index contributed by atoms with van der Waals surface area (Å²) in [4.78, 5) is 48.4. The lowest BCUT2D eigenvalue weighted by Crippen LogP contribution is -2.23. The lowest BCUT2D eigenvalue weighted by Gasteiger charge is -2.13. The van der Waals surface area contributed by atoms with Gasteiger partial charge in [0, 0.05) is 17.8 Å². The Labute approximate surface area is 226 Å². The first-order chi connectivity index (χ1) is 17.6. The van der Waals surface area contributed by atoms with E-state index < -0.39 is 22.4 Å². The van der Waals surface area contributed by atoms with E-state index in [1.54, 1.807) is 13.8 Å². The van der Waals surface area contributed by atoms with Crippen molar-refractivity contribution in [3.63, 3.8) is 0 Å². The van der Waals surface area contributed by atoms with Crippen molar-refractivity contribution in [2.24, 2.45) is 0 Å². The summed E-state index contributed by atoms with van der Waals surface area (Å²) in [5.74, 6) is -0.994. The van der Waals surface area contributed by atoms with Crippen molar-refractivity contribution < 1.29 is 28.7 Å². The second-order valence-corrected chi connectivity index (χ2v) is 11.1. The molecule has 2 aromatic carbocycles. The molecule has 0 aliphatic carbocycles. The van der Waals surface area contributed by atoms with Crippen molar-refractivity contribution in [2.45, 2.75) is 44.6 Å². The first-order valence-corrected chi connectivity index (χ1v) is 14.0. The van der Waals surface area contributed by atoms with Crippen LogP contribution in [0.3, 0.4) is 0 Å². The summed E-state index contributed by atoms with van der Waals surface area (Å²) in [6.45, 7) is 7.50. The Morgan fingerprint density at radius 3 is 1.38 bits per heavy atom. The minimum Gasteiger partial charge on any atom is -0.465 e. The number of amides is 2. The zero-order valence-electron chi connectivity index (χ0n) is 21.6. The van der Waals surface area contributed by atoms with Crippen LogP contribution in [-0.4, -0.2) is 59.0 Å². The molecule has 0 bridgehead atoms. The summed E-state index contributed by atoms with van der Waals surface area (Å²) < 4.78 is 10.4. The van der Waals surface area contributed by atoms with E-state index in [-0.39, 0.29) is 36.5 Å².